The Balaban J connectivity index is 1.89. The molecule has 0 aliphatic heterocycles. The van der Waals surface area contributed by atoms with Crippen LogP contribution in [0, 0.1) is 0 Å². The van der Waals surface area contributed by atoms with Crippen LogP contribution in [0.4, 0.5) is 5.69 Å². The lowest BCUT2D eigenvalue weighted by Crippen LogP contribution is -1.84. The van der Waals surface area contributed by atoms with E-state index in [1.807, 2.05) is 54.1 Å². The molecule has 22 heavy (non-hydrogen) atoms. The molecule has 2 heterocycles. The third-order valence-corrected chi connectivity index (χ3v) is 4.36. The molecular formula is C18H13NO2S. The van der Waals surface area contributed by atoms with Gasteiger partial charge in [-0.1, -0.05) is 24.3 Å². The molecular weight excluding hydrogens is 294 g/mol. The molecule has 0 spiro atoms. The summed E-state index contributed by atoms with van der Waals surface area (Å²) in [6, 6.07) is 15.9. The fourth-order valence-electron chi connectivity index (χ4n) is 2.50. The number of hydrogen-bond donors (Lipinski definition) is 0. The van der Waals surface area contributed by atoms with Crippen LogP contribution >= 0.6 is 11.3 Å². The number of hydrogen-bond acceptors (Lipinski definition) is 4. The van der Waals surface area contributed by atoms with Crippen molar-refractivity contribution in [2.45, 2.75) is 0 Å². The SMILES string of the molecule is COc1cc2c(cc1N=Cc1cccs1)oc1ccccc12. The van der Waals surface area contributed by atoms with Crippen molar-refractivity contribution in [2.24, 2.45) is 4.99 Å². The number of benzene rings is 2. The highest BCUT2D eigenvalue weighted by atomic mass is 32.1. The van der Waals surface area contributed by atoms with Crippen molar-refractivity contribution in [1.29, 1.82) is 0 Å². The van der Waals surface area contributed by atoms with Crippen LogP contribution in [0.25, 0.3) is 21.9 Å². The number of furan rings is 1. The summed E-state index contributed by atoms with van der Waals surface area (Å²) in [5, 5.41) is 4.16. The molecule has 2 aromatic heterocycles. The van der Waals surface area contributed by atoms with E-state index in [0.29, 0.717) is 0 Å². The second kappa shape index (κ2) is 5.31. The zero-order valence-corrected chi connectivity index (χ0v) is 12.8. The van der Waals surface area contributed by atoms with Crippen LogP contribution in [-0.2, 0) is 0 Å². The topological polar surface area (TPSA) is 34.7 Å². The van der Waals surface area contributed by atoms with Crippen LogP contribution in [0.3, 0.4) is 0 Å². The predicted molar refractivity (Wildman–Crippen MR) is 91.8 cm³/mol. The molecule has 0 amide bonds. The number of para-hydroxylation sites is 1. The van der Waals surface area contributed by atoms with Crippen molar-refractivity contribution in [3.8, 4) is 5.75 Å². The van der Waals surface area contributed by atoms with Crippen LogP contribution in [0.1, 0.15) is 4.88 Å². The van der Waals surface area contributed by atoms with E-state index in [9.17, 15) is 0 Å². The Kier molecular flexibility index (Phi) is 3.16. The molecule has 4 heteroatoms. The molecule has 0 N–H and O–H groups in total. The third-order valence-electron chi connectivity index (χ3n) is 3.55. The van der Waals surface area contributed by atoms with Gasteiger partial charge in [0.05, 0.1) is 7.11 Å². The minimum atomic E-state index is 0.742. The van der Waals surface area contributed by atoms with E-state index in [4.69, 9.17) is 9.15 Å². The van der Waals surface area contributed by atoms with E-state index in [0.717, 1.165) is 38.3 Å². The van der Waals surface area contributed by atoms with Gasteiger partial charge >= 0.3 is 0 Å². The van der Waals surface area contributed by atoms with E-state index in [-0.39, 0.29) is 0 Å². The van der Waals surface area contributed by atoms with Crippen molar-refractivity contribution < 1.29 is 9.15 Å². The molecule has 0 bridgehead atoms. The van der Waals surface area contributed by atoms with Gasteiger partial charge in [0.15, 0.2) is 0 Å². The number of rotatable bonds is 3. The average molecular weight is 307 g/mol. The van der Waals surface area contributed by atoms with Crippen molar-refractivity contribution in [2.75, 3.05) is 7.11 Å². The summed E-state index contributed by atoms with van der Waals surface area (Å²) in [6.07, 6.45) is 1.84. The first-order chi connectivity index (χ1) is 10.8. The Labute approximate surface area is 131 Å². The number of methoxy groups -OCH3 is 1. The van der Waals surface area contributed by atoms with Gasteiger partial charge in [0, 0.05) is 27.9 Å². The van der Waals surface area contributed by atoms with Gasteiger partial charge in [-0.05, 0) is 23.6 Å². The first kappa shape index (κ1) is 13.1. The molecule has 0 saturated carbocycles. The van der Waals surface area contributed by atoms with Gasteiger partial charge in [-0.2, -0.15) is 0 Å². The van der Waals surface area contributed by atoms with E-state index in [1.165, 1.54) is 0 Å². The number of thiophene rings is 1. The maximum Gasteiger partial charge on any atom is 0.145 e. The van der Waals surface area contributed by atoms with Gasteiger partial charge in [-0.3, -0.25) is 4.99 Å². The van der Waals surface area contributed by atoms with Gasteiger partial charge in [0.2, 0.25) is 0 Å². The molecule has 0 fully saturated rings. The normalized spacial score (nSPS) is 11.7. The molecule has 4 aromatic rings. The summed E-state index contributed by atoms with van der Waals surface area (Å²) < 4.78 is 11.4. The molecule has 3 nitrogen and oxygen atoms in total. The lowest BCUT2D eigenvalue weighted by Gasteiger charge is -2.04. The maximum absolute atomic E-state index is 5.90. The lowest BCUT2D eigenvalue weighted by atomic mass is 10.1. The van der Waals surface area contributed by atoms with E-state index < -0.39 is 0 Å². The molecule has 108 valence electrons. The summed E-state index contributed by atoms with van der Waals surface area (Å²) in [5.41, 5.74) is 2.46. The largest absolute Gasteiger partial charge is 0.494 e. The van der Waals surface area contributed by atoms with E-state index in [2.05, 4.69) is 11.1 Å². The smallest absolute Gasteiger partial charge is 0.145 e. The number of aliphatic imine (C=N–C) groups is 1. The minimum Gasteiger partial charge on any atom is -0.494 e. The van der Waals surface area contributed by atoms with Crippen LogP contribution in [0.15, 0.2) is 63.3 Å². The first-order valence-corrected chi connectivity index (χ1v) is 7.80. The van der Waals surface area contributed by atoms with Gasteiger partial charge in [-0.25, -0.2) is 0 Å². The maximum atomic E-state index is 5.90. The Morgan fingerprint density at radius 3 is 2.77 bits per heavy atom. The van der Waals surface area contributed by atoms with Crippen molar-refractivity contribution in [1.82, 2.24) is 0 Å². The molecule has 0 unspecified atom stereocenters. The molecule has 4 rings (SSSR count). The van der Waals surface area contributed by atoms with Crippen LogP contribution in [-0.4, -0.2) is 13.3 Å². The fraction of sp³-hybridized carbons (Fsp3) is 0.0556. The van der Waals surface area contributed by atoms with Crippen LogP contribution < -0.4 is 4.74 Å². The van der Waals surface area contributed by atoms with Crippen molar-refractivity contribution in [3.05, 3.63) is 58.8 Å². The summed E-state index contributed by atoms with van der Waals surface area (Å²) in [5.74, 6) is 0.742. The van der Waals surface area contributed by atoms with Gasteiger partial charge < -0.3 is 9.15 Å². The van der Waals surface area contributed by atoms with Gasteiger partial charge in [0.25, 0.3) is 0 Å². The average Bonchev–Trinajstić information content (AvgIpc) is 3.19. The lowest BCUT2D eigenvalue weighted by molar-refractivity contribution is 0.416. The van der Waals surface area contributed by atoms with Crippen molar-refractivity contribution >= 4 is 45.2 Å². The Morgan fingerprint density at radius 2 is 1.95 bits per heavy atom. The first-order valence-electron chi connectivity index (χ1n) is 6.92. The highest BCUT2D eigenvalue weighted by molar-refractivity contribution is 7.11. The number of fused-ring (bicyclic) bond motifs is 3. The fourth-order valence-corrected chi connectivity index (χ4v) is 3.09. The second-order valence-electron chi connectivity index (χ2n) is 4.89. The predicted octanol–water partition coefficient (Wildman–Crippen LogP) is 5.41. The molecule has 0 aliphatic rings. The highest BCUT2D eigenvalue weighted by Crippen LogP contribution is 2.37. The molecule has 0 aliphatic carbocycles. The Morgan fingerprint density at radius 1 is 1.05 bits per heavy atom. The number of nitrogens with zero attached hydrogens (tertiary/aromatic N) is 1. The van der Waals surface area contributed by atoms with Crippen LogP contribution in [0.5, 0.6) is 5.75 Å². The zero-order valence-electron chi connectivity index (χ0n) is 11.9. The molecule has 0 radical (unpaired) electrons. The molecule has 0 atom stereocenters. The summed E-state index contributed by atoms with van der Waals surface area (Å²) in [7, 11) is 1.66. The Hall–Kier alpha value is -2.59. The third kappa shape index (κ3) is 2.18. The van der Waals surface area contributed by atoms with Gasteiger partial charge in [0.1, 0.15) is 22.6 Å². The quantitative estimate of drug-likeness (QED) is 0.474. The van der Waals surface area contributed by atoms with Gasteiger partial charge in [-0.15, -0.1) is 11.3 Å². The van der Waals surface area contributed by atoms with Crippen LogP contribution in [0.2, 0.25) is 0 Å². The monoisotopic (exact) mass is 307 g/mol. The highest BCUT2D eigenvalue weighted by Gasteiger charge is 2.11. The summed E-state index contributed by atoms with van der Waals surface area (Å²) in [6.45, 7) is 0. The zero-order chi connectivity index (χ0) is 14.9. The van der Waals surface area contributed by atoms with Crippen molar-refractivity contribution in [3.63, 3.8) is 0 Å². The second-order valence-corrected chi connectivity index (χ2v) is 5.87. The summed E-state index contributed by atoms with van der Waals surface area (Å²) in [4.78, 5) is 5.64. The minimum absolute atomic E-state index is 0.742. The number of ether oxygens (including phenoxy) is 1. The Bertz CT molecular complexity index is 968. The standard InChI is InChI=1S/C18H13NO2S/c1-20-18-9-14-13-6-2-3-7-16(13)21-17(14)10-15(18)19-11-12-5-4-8-22-12/h2-11H,1H3. The molecule has 2 aromatic carbocycles. The van der Waals surface area contributed by atoms with E-state index in [1.54, 1.807) is 18.4 Å². The molecule has 0 saturated heterocycles. The van der Waals surface area contributed by atoms with E-state index >= 15 is 0 Å². The summed E-state index contributed by atoms with van der Waals surface area (Å²) >= 11 is 1.65.